The molecule has 0 bridgehead atoms. The van der Waals surface area contributed by atoms with Crippen molar-refractivity contribution in [1.29, 1.82) is 0 Å². The third-order valence-corrected chi connectivity index (χ3v) is 4.02. The molecular weight excluding hydrogens is 240 g/mol. The summed E-state index contributed by atoms with van der Waals surface area (Å²) in [5.74, 6) is 3.04. The quantitative estimate of drug-likeness (QED) is 0.881. The van der Waals surface area contributed by atoms with Gasteiger partial charge >= 0.3 is 0 Å². The molecule has 0 amide bonds. The Hall–Kier alpha value is -1.36. The van der Waals surface area contributed by atoms with Crippen LogP contribution in [0.5, 0.6) is 0 Å². The summed E-state index contributed by atoms with van der Waals surface area (Å²) in [4.78, 5) is 11.6. The van der Waals surface area contributed by atoms with Gasteiger partial charge in [-0.05, 0) is 33.6 Å². The number of anilines is 2. The SMILES string of the molecule is Cc1c(N)nc(C2CC2)nc1N1CCOCC1(C)C. The number of hydrogen-bond acceptors (Lipinski definition) is 5. The molecule has 3 rings (SSSR count). The first-order valence-corrected chi connectivity index (χ1v) is 6.98. The van der Waals surface area contributed by atoms with E-state index in [1.807, 2.05) is 6.92 Å². The zero-order chi connectivity index (χ0) is 13.6. The molecule has 1 aromatic rings. The fourth-order valence-electron chi connectivity index (χ4n) is 2.58. The lowest BCUT2D eigenvalue weighted by atomic mass is 10.0. The highest BCUT2D eigenvalue weighted by Crippen LogP contribution is 2.40. The number of nitrogen functional groups attached to an aromatic ring is 1. The van der Waals surface area contributed by atoms with E-state index in [1.165, 1.54) is 12.8 Å². The monoisotopic (exact) mass is 262 g/mol. The van der Waals surface area contributed by atoms with Crippen molar-refractivity contribution in [2.75, 3.05) is 30.4 Å². The minimum Gasteiger partial charge on any atom is -0.383 e. The van der Waals surface area contributed by atoms with Gasteiger partial charge in [-0.2, -0.15) is 0 Å². The normalized spacial score (nSPS) is 22.6. The highest BCUT2D eigenvalue weighted by molar-refractivity contribution is 5.58. The molecule has 0 atom stereocenters. The van der Waals surface area contributed by atoms with Gasteiger partial charge < -0.3 is 15.4 Å². The maximum absolute atomic E-state index is 6.07. The number of rotatable bonds is 2. The summed E-state index contributed by atoms with van der Waals surface area (Å²) in [5, 5.41) is 0. The molecule has 2 aliphatic rings. The summed E-state index contributed by atoms with van der Waals surface area (Å²) in [6.45, 7) is 8.68. The predicted molar refractivity (Wildman–Crippen MR) is 75.4 cm³/mol. The van der Waals surface area contributed by atoms with Crippen LogP contribution in [-0.4, -0.2) is 35.3 Å². The van der Waals surface area contributed by atoms with E-state index in [1.54, 1.807) is 0 Å². The third kappa shape index (κ3) is 2.27. The Morgan fingerprint density at radius 1 is 1.32 bits per heavy atom. The molecule has 19 heavy (non-hydrogen) atoms. The van der Waals surface area contributed by atoms with Crippen LogP contribution in [0.15, 0.2) is 0 Å². The Kier molecular flexibility index (Phi) is 2.89. The molecule has 1 saturated carbocycles. The summed E-state index contributed by atoms with van der Waals surface area (Å²) < 4.78 is 5.58. The van der Waals surface area contributed by atoms with Crippen molar-refractivity contribution in [3.8, 4) is 0 Å². The predicted octanol–water partition coefficient (Wildman–Crippen LogP) is 1.86. The van der Waals surface area contributed by atoms with Crippen LogP contribution >= 0.6 is 0 Å². The van der Waals surface area contributed by atoms with E-state index in [0.29, 0.717) is 11.7 Å². The highest BCUT2D eigenvalue weighted by Gasteiger charge is 2.35. The molecule has 0 unspecified atom stereocenters. The molecule has 1 aromatic heterocycles. The van der Waals surface area contributed by atoms with Crippen LogP contribution in [0.25, 0.3) is 0 Å². The summed E-state index contributed by atoms with van der Waals surface area (Å²) >= 11 is 0. The Bertz CT molecular complexity index is 496. The molecule has 2 heterocycles. The van der Waals surface area contributed by atoms with E-state index < -0.39 is 0 Å². The average molecular weight is 262 g/mol. The molecule has 5 heteroatoms. The minimum absolute atomic E-state index is 0.0510. The number of ether oxygens (including phenoxy) is 1. The molecule has 2 fully saturated rings. The van der Waals surface area contributed by atoms with Crippen LogP contribution in [0, 0.1) is 6.92 Å². The fourth-order valence-corrected chi connectivity index (χ4v) is 2.58. The summed E-state index contributed by atoms with van der Waals surface area (Å²) in [6.07, 6.45) is 2.38. The molecule has 104 valence electrons. The van der Waals surface area contributed by atoms with Crippen molar-refractivity contribution in [1.82, 2.24) is 9.97 Å². The number of morpholine rings is 1. The highest BCUT2D eigenvalue weighted by atomic mass is 16.5. The number of hydrogen-bond donors (Lipinski definition) is 1. The van der Waals surface area contributed by atoms with E-state index in [2.05, 4.69) is 23.7 Å². The second kappa shape index (κ2) is 4.34. The second-order valence-electron chi connectivity index (χ2n) is 6.21. The van der Waals surface area contributed by atoms with E-state index in [9.17, 15) is 0 Å². The van der Waals surface area contributed by atoms with E-state index in [4.69, 9.17) is 15.5 Å². The van der Waals surface area contributed by atoms with Crippen LogP contribution in [0.1, 0.15) is 44.0 Å². The van der Waals surface area contributed by atoms with E-state index >= 15 is 0 Å². The van der Waals surface area contributed by atoms with Gasteiger partial charge in [0.2, 0.25) is 0 Å². The first-order valence-electron chi connectivity index (χ1n) is 6.98. The first-order chi connectivity index (χ1) is 8.99. The molecule has 2 N–H and O–H groups in total. The van der Waals surface area contributed by atoms with Gasteiger partial charge in [-0.25, -0.2) is 9.97 Å². The number of aromatic nitrogens is 2. The summed E-state index contributed by atoms with van der Waals surface area (Å²) in [5.41, 5.74) is 7.01. The van der Waals surface area contributed by atoms with Crippen LogP contribution < -0.4 is 10.6 Å². The van der Waals surface area contributed by atoms with Crippen molar-refractivity contribution in [3.63, 3.8) is 0 Å². The Morgan fingerprint density at radius 3 is 2.68 bits per heavy atom. The summed E-state index contributed by atoms with van der Waals surface area (Å²) in [6, 6.07) is 0. The topological polar surface area (TPSA) is 64.3 Å². The van der Waals surface area contributed by atoms with Crippen molar-refractivity contribution in [3.05, 3.63) is 11.4 Å². The minimum atomic E-state index is -0.0510. The zero-order valence-electron chi connectivity index (χ0n) is 11.9. The molecule has 0 radical (unpaired) electrons. The molecule has 5 nitrogen and oxygen atoms in total. The number of nitrogens with two attached hydrogens (primary N) is 1. The lowest BCUT2D eigenvalue weighted by molar-refractivity contribution is 0.0638. The maximum Gasteiger partial charge on any atom is 0.137 e. The van der Waals surface area contributed by atoms with Gasteiger partial charge in [-0.1, -0.05) is 0 Å². The fraction of sp³-hybridized carbons (Fsp3) is 0.714. The third-order valence-electron chi connectivity index (χ3n) is 4.02. The standard InChI is InChI=1S/C14H22N4O/c1-9-11(15)16-12(10-4-5-10)17-13(9)18-6-7-19-8-14(18,2)3/h10H,4-8H2,1-3H3,(H2,15,16,17). The van der Waals surface area contributed by atoms with Crippen molar-refractivity contribution in [2.24, 2.45) is 0 Å². The summed E-state index contributed by atoms with van der Waals surface area (Å²) in [7, 11) is 0. The maximum atomic E-state index is 6.07. The zero-order valence-corrected chi connectivity index (χ0v) is 11.9. The lowest BCUT2D eigenvalue weighted by Gasteiger charge is -2.43. The molecule has 1 saturated heterocycles. The van der Waals surface area contributed by atoms with Gasteiger partial charge in [-0.3, -0.25) is 0 Å². The van der Waals surface area contributed by atoms with Crippen molar-refractivity contribution >= 4 is 11.6 Å². The van der Waals surface area contributed by atoms with Gasteiger partial charge in [0.15, 0.2) is 0 Å². The van der Waals surface area contributed by atoms with Crippen LogP contribution in [0.2, 0.25) is 0 Å². The van der Waals surface area contributed by atoms with Crippen LogP contribution in [0.3, 0.4) is 0 Å². The molecule has 1 aliphatic heterocycles. The average Bonchev–Trinajstić information content (AvgIpc) is 3.17. The lowest BCUT2D eigenvalue weighted by Crippen LogP contribution is -2.53. The van der Waals surface area contributed by atoms with Gasteiger partial charge in [0.05, 0.1) is 18.8 Å². The smallest absolute Gasteiger partial charge is 0.137 e. The van der Waals surface area contributed by atoms with E-state index in [0.717, 1.165) is 37.0 Å². The van der Waals surface area contributed by atoms with Crippen LogP contribution in [-0.2, 0) is 4.74 Å². The number of nitrogens with zero attached hydrogens (tertiary/aromatic N) is 3. The molecule has 0 spiro atoms. The largest absolute Gasteiger partial charge is 0.383 e. The molecule has 0 aromatic carbocycles. The second-order valence-corrected chi connectivity index (χ2v) is 6.21. The van der Waals surface area contributed by atoms with Crippen molar-refractivity contribution in [2.45, 2.75) is 45.1 Å². The Balaban J connectivity index is 2.02. The van der Waals surface area contributed by atoms with Crippen LogP contribution in [0.4, 0.5) is 11.6 Å². The van der Waals surface area contributed by atoms with E-state index in [-0.39, 0.29) is 5.54 Å². The molecular formula is C14H22N4O. The van der Waals surface area contributed by atoms with Gasteiger partial charge in [0, 0.05) is 18.0 Å². The Labute approximate surface area is 114 Å². The van der Waals surface area contributed by atoms with Gasteiger partial charge in [0.1, 0.15) is 17.5 Å². The Morgan fingerprint density at radius 2 is 2.05 bits per heavy atom. The first kappa shape index (κ1) is 12.7. The molecule has 1 aliphatic carbocycles. The van der Waals surface area contributed by atoms with Gasteiger partial charge in [-0.15, -0.1) is 0 Å². The van der Waals surface area contributed by atoms with Crippen molar-refractivity contribution < 1.29 is 4.74 Å². The van der Waals surface area contributed by atoms with Gasteiger partial charge in [0.25, 0.3) is 0 Å².